The zero-order valence-corrected chi connectivity index (χ0v) is 16.5. The standard InChI is InChI=1S/C21H17F2N3O5/c1-12-19(13(2)26(25-12)15-6-4-3-5-7-15)20(28)29-11-18(27)24-14-8-9-16-17(10-14)31-21(22,23)30-16/h3-10H,11H2,1-2H3,(H,24,27). The molecule has 3 aromatic rings. The Balaban J connectivity index is 1.40. The van der Waals surface area contributed by atoms with Crippen LogP contribution in [0.15, 0.2) is 48.5 Å². The highest BCUT2D eigenvalue weighted by atomic mass is 19.3. The molecule has 0 saturated heterocycles. The zero-order valence-electron chi connectivity index (χ0n) is 16.5. The van der Waals surface area contributed by atoms with Crippen molar-refractivity contribution in [2.75, 3.05) is 11.9 Å². The van der Waals surface area contributed by atoms with Crippen LogP contribution < -0.4 is 14.8 Å². The summed E-state index contributed by atoms with van der Waals surface area (Å²) in [7, 11) is 0. The van der Waals surface area contributed by atoms with Crippen LogP contribution in [0.2, 0.25) is 0 Å². The molecule has 0 radical (unpaired) electrons. The Hall–Kier alpha value is -3.95. The van der Waals surface area contributed by atoms with E-state index >= 15 is 0 Å². The molecule has 1 amide bonds. The quantitative estimate of drug-likeness (QED) is 0.623. The molecule has 0 unspecified atom stereocenters. The van der Waals surface area contributed by atoms with Crippen LogP contribution in [0.5, 0.6) is 11.5 Å². The van der Waals surface area contributed by atoms with E-state index in [9.17, 15) is 18.4 Å². The Labute approximate surface area is 175 Å². The summed E-state index contributed by atoms with van der Waals surface area (Å²) in [5.74, 6) is -1.70. The molecule has 2 heterocycles. The summed E-state index contributed by atoms with van der Waals surface area (Å²) in [5, 5.41) is 6.82. The Bertz CT molecular complexity index is 1160. The van der Waals surface area contributed by atoms with Crippen LogP contribution in [0.25, 0.3) is 5.69 Å². The number of para-hydroxylation sites is 1. The van der Waals surface area contributed by atoms with Crippen molar-refractivity contribution in [1.82, 2.24) is 9.78 Å². The van der Waals surface area contributed by atoms with Crippen LogP contribution in [0.1, 0.15) is 21.7 Å². The number of rotatable bonds is 5. The molecule has 4 rings (SSSR count). The molecular weight excluding hydrogens is 412 g/mol. The Morgan fingerprint density at radius 3 is 2.55 bits per heavy atom. The minimum absolute atomic E-state index is 0.143. The summed E-state index contributed by atoms with van der Waals surface area (Å²) in [5.41, 5.74) is 2.27. The molecule has 1 N–H and O–H groups in total. The fourth-order valence-corrected chi connectivity index (χ4v) is 3.19. The number of carbonyl (C=O) groups excluding carboxylic acids is 2. The van der Waals surface area contributed by atoms with Crippen molar-refractivity contribution in [2.24, 2.45) is 0 Å². The van der Waals surface area contributed by atoms with Crippen molar-refractivity contribution in [3.63, 3.8) is 0 Å². The lowest BCUT2D eigenvalue weighted by atomic mass is 10.2. The van der Waals surface area contributed by atoms with Crippen LogP contribution in [0.3, 0.4) is 0 Å². The van der Waals surface area contributed by atoms with Gasteiger partial charge in [-0.05, 0) is 38.1 Å². The summed E-state index contributed by atoms with van der Waals surface area (Å²) >= 11 is 0. The number of benzene rings is 2. The van der Waals surface area contributed by atoms with E-state index in [1.165, 1.54) is 18.2 Å². The Morgan fingerprint density at radius 2 is 1.81 bits per heavy atom. The predicted molar refractivity (Wildman–Crippen MR) is 105 cm³/mol. The number of aryl methyl sites for hydroxylation is 1. The number of hydrogen-bond acceptors (Lipinski definition) is 6. The molecule has 0 aliphatic carbocycles. The van der Waals surface area contributed by atoms with Crippen molar-refractivity contribution >= 4 is 17.6 Å². The SMILES string of the molecule is Cc1nn(-c2ccccc2)c(C)c1C(=O)OCC(=O)Nc1ccc2c(c1)OC(F)(F)O2. The van der Waals surface area contributed by atoms with Gasteiger partial charge in [-0.25, -0.2) is 9.48 Å². The van der Waals surface area contributed by atoms with Crippen molar-refractivity contribution in [3.8, 4) is 17.2 Å². The lowest BCUT2D eigenvalue weighted by molar-refractivity contribution is -0.286. The van der Waals surface area contributed by atoms with Crippen LogP contribution in [-0.2, 0) is 9.53 Å². The van der Waals surface area contributed by atoms with E-state index in [1.54, 1.807) is 18.5 Å². The number of nitrogens with one attached hydrogen (secondary N) is 1. The first-order valence-corrected chi connectivity index (χ1v) is 9.22. The summed E-state index contributed by atoms with van der Waals surface area (Å²) in [6.07, 6.45) is -3.75. The van der Waals surface area contributed by atoms with Crippen molar-refractivity contribution in [2.45, 2.75) is 20.1 Å². The third-order valence-corrected chi connectivity index (χ3v) is 4.52. The average molecular weight is 429 g/mol. The Morgan fingerprint density at radius 1 is 1.10 bits per heavy atom. The van der Waals surface area contributed by atoms with Gasteiger partial charge in [0, 0.05) is 11.8 Å². The van der Waals surface area contributed by atoms with Gasteiger partial charge in [0.15, 0.2) is 18.1 Å². The van der Waals surface area contributed by atoms with Gasteiger partial charge < -0.3 is 19.5 Å². The highest BCUT2D eigenvalue weighted by Gasteiger charge is 2.43. The second-order valence-corrected chi connectivity index (χ2v) is 6.75. The van der Waals surface area contributed by atoms with Gasteiger partial charge in [0.05, 0.1) is 17.1 Å². The fraction of sp³-hybridized carbons (Fsp3) is 0.190. The molecule has 0 saturated carbocycles. The molecule has 2 aromatic carbocycles. The van der Waals surface area contributed by atoms with Crippen molar-refractivity contribution in [1.29, 1.82) is 0 Å². The lowest BCUT2D eigenvalue weighted by Crippen LogP contribution is -2.25. The van der Waals surface area contributed by atoms with Gasteiger partial charge in [-0.1, -0.05) is 18.2 Å². The number of fused-ring (bicyclic) bond motifs is 1. The number of alkyl halides is 2. The molecule has 8 nitrogen and oxygen atoms in total. The predicted octanol–water partition coefficient (Wildman–Crippen LogP) is 3.61. The van der Waals surface area contributed by atoms with E-state index in [0.29, 0.717) is 11.4 Å². The summed E-state index contributed by atoms with van der Waals surface area (Å²) in [6, 6.07) is 13.1. The van der Waals surface area contributed by atoms with E-state index < -0.39 is 24.8 Å². The monoisotopic (exact) mass is 429 g/mol. The summed E-state index contributed by atoms with van der Waals surface area (Å²) in [4.78, 5) is 24.7. The van der Waals surface area contributed by atoms with Gasteiger partial charge >= 0.3 is 12.3 Å². The van der Waals surface area contributed by atoms with Crippen molar-refractivity contribution in [3.05, 3.63) is 65.5 Å². The summed E-state index contributed by atoms with van der Waals surface area (Å²) in [6.45, 7) is 2.83. The molecule has 1 aromatic heterocycles. The first kappa shape index (κ1) is 20.3. The molecule has 0 spiro atoms. The number of nitrogens with zero attached hydrogens (tertiary/aromatic N) is 2. The number of ether oxygens (including phenoxy) is 3. The van der Waals surface area contributed by atoms with Gasteiger partial charge in [-0.3, -0.25) is 4.79 Å². The van der Waals surface area contributed by atoms with E-state index in [1.807, 2.05) is 30.3 Å². The second-order valence-electron chi connectivity index (χ2n) is 6.75. The molecule has 0 atom stereocenters. The van der Waals surface area contributed by atoms with Gasteiger partial charge in [-0.2, -0.15) is 5.10 Å². The third kappa shape index (κ3) is 4.18. The number of esters is 1. The molecule has 0 fully saturated rings. The number of carbonyl (C=O) groups is 2. The topological polar surface area (TPSA) is 91.7 Å². The van der Waals surface area contributed by atoms with E-state index in [4.69, 9.17) is 4.74 Å². The number of amides is 1. The minimum Gasteiger partial charge on any atom is -0.452 e. The largest absolute Gasteiger partial charge is 0.586 e. The smallest absolute Gasteiger partial charge is 0.452 e. The normalized spacial score (nSPS) is 13.7. The lowest BCUT2D eigenvalue weighted by Gasteiger charge is -2.08. The first-order valence-electron chi connectivity index (χ1n) is 9.22. The van der Waals surface area contributed by atoms with Crippen molar-refractivity contribution < 1.29 is 32.6 Å². The maximum absolute atomic E-state index is 13.1. The van der Waals surface area contributed by atoms with Gasteiger partial charge in [0.1, 0.15) is 5.56 Å². The number of anilines is 1. The molecule has 0 bridgehead atoms. The van der Waals surface area contributed by atoms with Gasteiger partial charge in [0.2, 0.25) is 0 Å². The Kier molecular flexibility index (Phi) is 5.05. The van der Waals surface area contributed by atoms with Crippen LogP contribution in [-0.4, -0.2) is 34.6 Å². The van der Waals surface area contributed by atoms with Gasteiger partial charge in [-0.15, -0.1) is 8.78 Å². The summed E-state index contributed by atoms with van der Waals surface area (Å²) < 4.78 is 41.5. The fourth-order valence-electron chi connectivity index (χ4n) is 3.19. The average Bonchev–Trinajstić information content (AvgIpc) is 3.20. The molecule has 10 heteroatoms. The third-order valence-electron chi connectivity index (χ3n) is 4.52. The van der Waals surface area contributed by atoms with Crippen LogP contribution >= 0.6 is 0 Å². The number of halogens is 2. The number of aromatic nitrogens is 2. The second kappa shape index (κ2) is 7.71. The highest BCUT2D eigenvalue weighted by molar-refractivity contribution is 5.96. The van der Waals surface area contributed by atoms with Gasteiger partial charge in [0.25, 0.3) is 5.91 Å². The van der Waals surface area contributed by atoms with E-state index in [0.717, 1.165) is 5.69 Å². The minimum atomic E-state index is -3.75. The first-order chi connectivity index (χ1) is 14.7. The molecule has 160 valence electrons. The maximum Gasteiger partial charge on any atom is 0.586 e. The highest BCUT2D eigenvalue weighted by Crippen LogP contribution is 2.42. The molecule has 31 heavy (non-hydrogen) atoms. The van der Waals surface area contributed by atoms with E-state index in [-0.39, 0.29) is 22.7 Å². The number of hydrogen-bond donors (Lipinski definition) is 1. The maximum atomic E-state index is 13.1. The molecule has 1 aliphatic rings. The van der Waals surface area contributed by atoms with Crippen LogP contribution in [0, 0.1) is 13.8 Å². The molecule has 1 aliphatic heterocycles. The molecular formula is C21H17F2N3O5. The van der Waals surface area contributed by atoms with E-state index in [2.05, 4.69) is 19.9 Å². The van der Waals surface area contributed by atoms with Crippen LogP contribution in [0.4, 0.5) is 14.5 Å². The zero-order chi connectivity index (χ0) is 22.2.